The van der Waals surface area contributed by atoms with Crippen molar-refractivity contribution in [2.75, 3.05) is 0 Å². The highest BCUT2D eigenvalue weighted by Crippen LogP contribution is 2.26. The normalized spacial score (nSPS) is 16.4. The summed E-state index contributed by atoms with van der Waals surface area (Å²) < 4.78 is 1.32. The van der Waals surface area contributed by atoms with E-state index in [9.17, 15) is 4.79 Å². The van der Waals surface area contributed by atoms with E-state index in [1.807, 2.05) is 6.07 Å². The van der Waals surface area contributed by atoms with E-state index in [2.05, 4.69) is 10.1 Å². The van der Waals surface area contributed by atoms with Gasteiger partial charge in [0.1, 0.15) is 6.07 Å². The molecule has 1 aliphatic carbocycles. The van der Waals surface area contributed by atoms with Gasteiger partial charge in [0.05, 0.1) is 5.39 Å². The highest BCUT2D eigenvalue weighted by Gasteiger charge is 2.25. The zero-order chi connectivity index (χ0) is 13.2. The van der Waals surface area contributed by atoms with Gasteiger partial charge in [-0.15, -0.1) is 0 Å². The van der Waals surface area contributed by atoms with Gasteiger partial charge in [0.25, 0.3) is 5.91 Å². The Morgan fingerprint density at radius 3 is 2.89 bits per heavy atom. The molecule has 0 unspecified atom stereocenters. The maximum absolute atomic E-state index is 12.5. The first kappa shape index (κ1) is 11.8. The van der Waals surface area contributed by atoms with Crippen molar-refractivity contribution in [2.45, 2.75) is 32.1 Å². The maximum atomic E-state index is 12.5. The van der Waals surface area contributed by atoms with Crippen molar-refractivity contribution in [1.29, 1.82) is 5.26 Å². The first-order valence-electron chi connectivity index (χ1n) is 6.59. The summed E-state index contributed by atoms with van der Waals surface area (Å²) in [5, 5.41) is 13.8. The van der Waals surface area contributed by atoms with Gasteiger partial charge < -0.3 is 0 Å². The minimum Gasteiger partial charge on any atom is -0.272 e. The Morgan fingerprint density at radius 1 is 1.37 bits per heavy atom. The van der Waals surface area contributed by atoms with Crippen LogP contribution in [-0.2, 0) is 0 Å². The lowest BCUT2D eigenvalue weighted by Crippen LogP contribution is -2.25. The molecule has 5 nitrogen and oxygen atoms in total. The van der Waals surface area contributed by atoms with Crippen LogP contribution in [0.25, 0.3) is 11.0 Å². The molecule has 0 bridgehead atoms. The van der Waals surface area contributed by atoms with E-state index in [-0.39, 0.29) is 17.5 Å². The van der Waals surface area contributed by atoms with Gasteiger partial charge in [0, 0.05) is 12.1 Å². The van der Waals surface area contributed by atoms with E-state index in [0.717, 1.165) is 25.7 Å². The van der Waals surface area contributed by atoms with Gasteiger partial charge in [0.15, 0.2) is 11.3 Å². The zero-order valence-electron chi connectivity index (χ0n) is 10.5. The van der Waals surface area contributed by atoms with Gasteiger partial charge in [-0.2, -0.15) is 15.0 Å². The Kier molecular flexibility index (Phi) is 3.00. The Hall–Kier alpha value is -2.22. The van der Waals surface area contributed by atoms with Crippen LogP contribution in [0.5, 0.6) is 0 Å². The smallest absolute Gasteiger partial charge is 0.251 e. The average molecular weight is 254 g/mol. The van der Waals surface area contributed by atoms with Gasteiger partial charge >= 0.3 is 0 Å². The maximum Gasteiger partial charge on any atom is 0.251 e. The molecule has 2 aromatic heterocycles. The van der Waals surface area contributed by atoms with E-state index in [1.54, 1.807) is 18.3 Å². The van der Waals surface area contributed by atoms with Gasteiger partial charge in [0.2, 0.25) is 0 Å². The van der Waals surface area contributed by atoms with E-state index in [4.69, 9.17) is 5.26 Å². The monoisotopic (exact) mass is 254 g/mol. The molecular weight excluding hydrogens is 240 g/mol. The number of nitriles is 1. The molecule has 0 N–H and O–H groups in total. The molecule has 2 heterocycles. The van der Waals surface area contributed by atoms with Crippen molar-refractivity contribution in [2.24, 2.45) is 5.92 Å². The molecule has 0 aliphatic heterocycles. The van der Waals surface area contributed by atoms with Crippen LogP contribution in [0.4, 0.5) is 0 Å². The predicted molar refractivity (Wildman–Crippen MR) is 69.4 cm³/mol. The number of pyridine rings is 1. The number of rotatable bonds is 1. The van der Waals surface area contributed by atoms with Crippen LogP contribution in [0.3, 0.4) is 0 Å². The zero-order valence-corrected chi connectivity index (χ0v) is 10.5. The second-order valence-electron chi connectivity index (χ2n) is 4.92. The van der Waals surface area contributed by atoms with E-state index in [0.29, 0.717) is 11.0 Å². The van der Waals surface area contributed by atoms with Crippen LogP contribution >= 0.6 is 0 Å². The summed E-state index contributed by atoms with van der Waals surface area (Å²) in [6.07, 6.45) is 6.83. The third-order valence-corrected chi connectivity index (χ3v) is 3.71. The largest absolute Gasteiger partial charge is 0.272 e. The molecule has 1 saturated carbocycles. The molecule has 2 aromatic rings. The van der Waals surface area contributed by atoms with Crippen LogP contribution in [-0.4, -0.2) is 20.7 Å². The fraction of sp³-hybridized carbons (Fsp3) is 0.429. The van der Waals surface area contributed by atoms with E-state index in [1.165, 1.54) is 11.1 Å². The Morgan fingerprint density at radius 2 is 2.16 bits per heavy atom. The average Bonchev–Trinajstić information content (AvgIpc) is 2.86. The minimum atomic E-state index is -0.0232. The first-order valence-corrected chi connectivity index (χ1v) is 6.59. The van der Waals surface area contributed by atoms with Crippen molar-refractivity contribution in [1.82, 2.24) is 14.8 Å². The fourth-order valence-electron chi connectivity index (χ4n) is 2.71. The quantitative estimate of drug-likeness (QED) is 0.784. The summed E-state index contributed by atoms with van der Waals surface area (Å²) in [6, 6.07) is 5.55. The molecule has 96 valence electrons. The Balaban J connectivity index is 2.05. The molecule has 0 saturated heterocycles. The molecule has 1 fully saturated rings. The lowest BCUT2D eigenvalue weighted by Gasteiger charge is -2.19. The summed E-state index contributed by atoms with van der Waals surface area (Å²) >= 11 is 0. The molecular formula is C14H14N4O. The number of hydrogen-bond acceptors (Lipinski definition) is 4. The molecule has 5 heteroatoms. The second kappa shape index (κ2) is 4.81. The number of aromatic nitrogens is 3. The molecule has 0 amide bonds. The molecule has 19 heavy (non-hydrogen) atoms. The van der Waals surface area contributed by atoms with Crippen LogP contribution in [0.15, 0.2) is 18.3 Å². The van der Waals surface area contributed by atoms with Crippen molar-refractivity contribution in [3.8, 4) is 6.07 Å². The number of hydrogen-bond donors (Lipinski definition) is 0. The summed E-state index contributed by atoms with van der Waals surface area (Å²) in [5.41, 5.74) is 0.766. The van der Waals surface area contributed by atoms with E-state index >= 15 is 0 Å². The van der Waals surface area contributed by atoms with Crippen LogP contribution < -0.4 is 0 Å². The molecule has 3 rings (SSSR count). The Bertz CT molecular complexity index is 662. The van der Waals surface area contributed by atoms with Crippen LogP contribution in [0.2, 0.25) is 0 Å². The molecule has 0 atom stereocenters. The number of fused-ring (bicyclic) bond motifs is 1. The molecule has 0 radical (unpaired) electrons. The van der Waals surface area contributed by atoms with Crippen molar-refractivity contribution < 1.29 is 4.79 Å². The van der Waals surface area contributed by atoms with Crippen molar-refractivity contribution >= 4 is 16.9 Å². The molecule has 0 spiro atoms. The SMILES string of the molecule is N#Cc1nn(C(=O)C2CCCCC2)c2ncccc12. The van der Waals surface area contributed by atoms with Crippen LogP contribution in [0, 0.1) is 17.2 Å². The van der Waals surface area contributed by atoms with Gasteiger partial charge in [-0.25, -0.2) is 4.98 Å². The van der Waals surface area contributed by atoms with Gasteiger partial charge in [-0.05, 0) is 25.0 Å². The highest BCUT2D eigenvalue weighted by atomic mass is 16.2. The van der Waals surface area contributed by atoms with Gasteiger partial charge in [-0.1, -0.05) is 19.3 Å². The van der Waals surface area contributed by atoms with E-state index < -0.39 is 0 Å². The van der Waals surface area contributed by atoms with Crippen molar-refractivity contribution in [3.63, 3.8) is 0 Å². The number of carbonyl (C=O) groups excluding carboxylic acids is 1. The lowest BCUT2D eigenvalue weighted by atomic mass is 9.89. The Labute approximate surface area is 110 Å². The third kappa shape index (κ3) is 1.99. The number of nitrogens with zero attached hydrogens (tertiary/aromatic N) is 4. The second-order valence-corrected chi connectivity index (χ2v) is 4.92. The molecule has 1 aliphatic rings. The fourth-order valence-corrected chi connectivity index (χ4v) is 2.71. The molecule has 0 aromatic carbocycles. The summed E-state index contributed by atoms with van der Waals surface area (Å²) in [4.78, 5) is 16.7. The summed E-state index contributed by atoms with van der Waals surface area (Å²) in [6.45, 7) is 0. The summed E-state index contributed by atoms with van der Waals surface area (Å²) in [5.74, 6) is -0.00435. The first-order chi connectivity index (χ1) is 9.31. The third-order valence-electron chi connectivity index (χ3n) is 3.71. The van der Waals surface area contributed by atoms with Crippen molar-refractivity contribution in [3.05, 3.63) is 24.0 Å². The standard InChI is InChI=1S/C14H14N4O/c15-9-12-11-7-4-8-16-13(11)18(17-12)14(19)10-5-2-1-3-6-10/h4,7-8,10H,1-3,5-6H2. The lowest BCUT2D eigenvalue weighted by molar-refractivity contribution is 0.0789. The predicted octanol–water partition coefficient (Wildman–Crippen LogP) is 2.52. The highest BCUT2D eigenvalue weighted by molar-refractivity contribution is 5.92. The summed E-state index contributed by atoms with van der Waals surface area (Å²) in [7, 11) is 0. The topological polar surface area (TPSA) is 71.6 Å². The minimum absolute atomic E-state index is 0.0189. The van der Waals surface area contributed by atoms with Crippen LogP contribution in [0.1, 0.15) is 42.6 Å². The number of carbonyl (C=O) groups is 1. The van der Waals surface area contributed by atoms with Gasteiger partial charge in [-0.3, -0.25) is 4.79 Å².